The van der Waals surface area contributed by atoms with Crippen molar-refractivity contribution in [3.8, 4) is 11.5 Å². The van der Waals surface area contributed by atoms with E-state index in [0.717, 1.165) is 20.3 Å². The van der Waals surface area contributed by atoms with E-state index in [9.17, 15) is 22.4 Å². The molecule has 0 bridgehead atoms. The molecular formula is C10H9F4NO4. The number of carbonyl (C=O) groups is 1. The number of rotatable bonds is 4. The van der Waals surface area contributed by atoms with Gasteiger partial charge in [0.25, 0.3) is 0 Å². The van der Waals surface area contributed by atoms with Crippen molar-refractivity contribution in [1.82, 2.24) is 4.98 Å². The second-order valence-corrected chi connectivity index (χ2v) is 3.17. The van der Waals surface area contributed by atoms with Gasteiger partial charge in [-0.1, -0.05) is 0 Å². The van der Waals surface area contributed by atoms with Crippen LogP contribution in [0.5, 0.6) is 11.5 Å². The van der Waals surface area contributed by atoms with Gasteiger partial charge in [-0.15, -0.1) is 13.2 Å². The number of alkyl halides is 4. The van der Waals surface area contributed by atoms with Crippen LogP contribution >= 0.6 is 0 Å². The Labute approximate surface area is 105 Å². The third-order valence-electron chi connectivity index (χ3n) is 1.95. The number of esters is 1. The number of nitrogens with zero attached hydrogens (tertiary/aromatic N) is 1. The van der Waals surface area contributed by atoms with Gasteiger partial charge >= 0.3 is 12.3 Å². The summed E-state index contributed by atoms with van der Waals surface area (Å²) in [7, 11) is 1.98. The molecule has 0 fully saturated rings. The first kappa shape index (κ1) is 15.0. The first-order valence-corrected chi connectivity index (χ1v) is 4.80. The van der Waals surface area contributed by atoms with Gasteiger partial charge in [0.1, 0.15) is 6.67 Å². The van der Waals surface area contributed by atoms with Crippen LogP contribution in [-0.2, 0) is 11.4 Å². The van der Waals surface area contributed by atoms with E-state index in [1.807, 2.05) is 0 Å². The van der Waals surface area contributed by atoms with Crippen molar-refractivity contribution >= 4 is 5.97 Å². The molecule has 0 aliphatic carbocycles. The van der Waals surface area contributed by atoms with Crippen molar-refractivity contribution in [1.29, 1.82) is 0 Å². The summed E-state index contributed by atoms with van der Waals surface area (Å²) in [4.78, 5) is 14.7. The highest BCUT2D eigenvalue weighted by Gasteiger charge is 2.36. The summed E-state index contributed by atoms with van der Waals surface area (Å²) in [6.07, 6.45) is -5.06. The molecule has 1 rings (SSSR count). The standard InChI is InChI=1S/C10H9F4NO4/c1-17-6-3-5(4-11)15-7(9(16)18-2)8(6)19-10(12,13)14/h3H,4H2,1-2H3. The van der Waals surface area contributed by atoms with Crippen LogP contribution in [0.4, 0.5) is 17.6 Å². The molecule has 1 heterocycles. The summed E-state index contributed by atoms with van der Waals surface area (Å²) in [6, 6.07) is 0.896. The summed E-state index contributed by atoms with van der Waals surface area (Å²) < 4.78 is 61.9. The second kappa shape index (κ2) is 5.72. The molecule has 0 aliphatic heterocycles. The molecule has 9 heteroatoms. The minimum absolute atomic E-state index is 0.285. The molecule has 1 aromatic rings. The second-order valence-electron chi connectivity index (χ2n) is 3.17. The van der Waals surface area contributed by atoms with Crippen LogP contribution in [0.15, 0.2) is 6.07 Å². The highest BCUT2D eigenvalue weighted by molar-refractivity contribution is 5.91. The molecule has 5 nitrogen and oxygen atoms in total. The third-order valence-corrected chi connectivity index (χ3v) is 1.95. The van der Waals surface area contributed by atoms with E-state index < -0.39 is 36.2 Å². The van der Waals surface area contributed by atoms with Gasteiger partial charge in [-0.05, 0) is 0 Å². The van der Waals surface area contributed by atoms with E-state index in [-0.39, 0.29) is 5.69 Å². The number of carbonyl (C=O) groups excluding carboxylic acids is 1. The Morgan fingerprint density at radius 2 is 2.00 bits per heavy atom. The molecule has 0 unspecified atom stereocenters. The van der Waals surface area contributed by atoms with Gasteiger partial charge in [-0.25, -0.2) is 14.2 Å². The van der Waals surface area contributed by atoms with E-state index in [4.69, 9.17) is 0 Å². The number of hydrogen-bond donors (Lipinski definition) is 0. The predicted octanol–water partition coefficient (Wildman–Crippen LogP) is 2.24. The Morgan fingerprint density at radius 3 is 2.42 bits per heavy atom. The fourth-order valence-corrected chi connectivity index (χ4v) is 1.23. The Balaban J connectivity index is 3.41. The highest BCUT2D eigenvalue weighted by atomic mass is 19.4. The normalized spacial score (nSPS) is 11.1. The van der Waals surface area contributed by atoms with Gasteiger partial charge in [0, 0.05) is 6.07 Å². The molecule has 0 atom stereocenters. The van der Waals surface area contributed by atoms with E-state index in [2.05, 4.69) is 19.2 Å². The van der Waals surface area contributed by atoms with E-state index in [0.29, 0.717) is 0 Å². The smallest absolute Gasteiger partial charge is 0.493 e. The minimum Gasteiger partial charge on any atom is -0.493 e. The van der Waals surface area contributed by atoms with Crippen LogP contribution in [0, 0.1) is 0 Å². The lowest BCUT2D eigenvalue weighted by Gasteiger charge is -2.15. The van der Waals surface area contributed by atoms with Crippen LogP contribution in [0.2, 0.25) is 0 Å². The van der Waals surface area contributed by atoms with Crippen LogP contribution in [0.25, 0.3) is 0 Å². The van der Waals surface area contributed by atoms with Gasteiger partial charge in [0.15, 0.2) is 11.4 Å². The van der Waals surface area contributed by atoms with Crippen molar-refractivity contribution in [2.24, 2.45) is 0 Å². The lowest BCUT2D eigenvalue weighted by molar-refractivity contribution is -0.275. The summed E-state index contributed by atoms with van der Waals surface area (Å²) >= 11 is 0. The number of ether oxygens (including phenoxy) is 3. The fraction of sp³-hybridized carbons (Fsp3) is 0.400. The molecule has 0 aliphatic rings. The maximum absolute atomic E-state index is 12.5. The molecule has 0 saturated carbocycles. The summed E-state index contributed by atoms with van der Waals surface area (Å²) in [6.45, 7) is -1.09. The lowest BCUT2D eigenvalue weighted by Crippen LogP contribution is -2.21. The molecule has 0 saturated heterocycles. The number of methoxy groups -OCH3 is 2. The zero-order chi connectivity index (χ0) is 14.6. The van der Waals surface area contributed by atoms with Crippen molar-refractivity contribution < 1.29 is 36.6 Å². The Hall–Kier alpha value is -2.06. The zero-order valence-electron chi connectivity index (χ0n) is 9.88. The number of halogens is 4. The van der Waals surface area contributed by atoms with Crippen molar-refractivity contribution in [2.75, 3.05) is 14.2 Å². The van der Waals surface area contributed by atoms with E-state index in [1.165, 1.54) is 0 Å². The number of pyridine rings is 1. The monoisotopic (exact) mass is 283 g/mol. The number of aromatic nitrogens is 1. The molecule has 0 amide bonds. The largest absolute Gasteiger partial charge is 0.573 e. The fourth-order valence-electron chi connectivity index (χ4n) is 1.23. The van der Waals surface area contributed by atoms with Crippen LogP contribution in [-0.4, -0.2) is 31.5 Å². The van der Waals surface area contributed by atoms with Crippen molar-refractivity contribution in [2.45, 2.75) is 13.0 Å². The summed E-state index contributed by atoms with van der Waals surface area (Å²) in [5.74, 6) is -2.65. The van der Waals surface area contributed by atoms with Crippen LogP contribution in [0.1, 0.15) is 16.2 Å². The van der Waals surface area contributed by atoms with Gasteiger partial charge in [-0.2, -0.15) is 0 Å². The third kappa shape index (κ3) is 3.70. The van der Waals surface area contributed by atoms with Gasteiger partial charge in [0.2, 0.25) is 5.75 Å². The molecule has 0 radical (unpaired) electrons. The maximum Gasteiger partial charge on any atom is 0.573 e. The zero-order valence-corrected chi connectivity index (χ0v) is 9.88. The summed E-state index contributed by atoms with van der Waals surface area (Å²) in [5.41, 5.74) is -1.10. The van der Waals surface area contributed by atoms with Gasteiger partial charge < -0.3 is 14.2 Å². The molecule has 0 N–H and O–H groups in total. The van der Waals surface area contributed by atoms with Crippen LogP contribution < -0.4 is 9.47 Å². The molecule has 106 valence electrons. The Kier molecular flexibility index (Phi) is 4.52. The maximum atomic E-state index is 12.5. The molecular weight excluding hydrogens is 274 g/mol. The SMILES string of the molecule is COC(=O)c1nc(CF)cc(OC)c1OC(F)(F)F. The highest BCUT2D eigenvalue weighted by Crippen LogP contribution is 2.35. The predicted molar refractivity (Wildman–Crippen MR) is 53.6 cm³/mol. The summed E-state index contributed by atoms with van der Waals surface area (Å²) in [5, 5.41) is 0. The molecule has 0 aromatic carbocycles. The van der Waals surface area contributed by atoms with Crippen molar-refractivity contribution in [3.05, 3.63) is 17.5 Å². The van der Waals surface area contributed by atoms with Crippen LogP contribution in [0.3, 0.4) is 0 Å². The number of hydrogen-bond acceptors (Lipinski definition) is 5. The van der Waals surface area contributed by atoms with Crippen molar-refractivity contribution in [3.63, 3.8) is 0 Å². The lowest BCUT2D eigenvalue weighted by atomic mass is 10.2. The Bertz CT molecular complexity index is 475. The molecule has 1 aromatic heterocycles. The van der Waals surface area contributed by atoms with E-state index >= 15 is 0 Å². The average molecular weight is 283 g/mol. The first-order valence-electron chi connectivity index (χ1n) is 4.80. The van der Waals surface area contributed by atoms with Gasteiger partial charge in [-0.3, -0.25) is 0 Å². The van der Waals surface area contributed by atoms with Gasteiger partial charge in [0.05, 0.1) is 19.9 Å². The van der Waals surface area contributed by atoms with E-state index in [1.54, 1.807) is 0 Å². The Morgan fingerprint density at radius 1 is 1.37 bits per heavy atom. The minimum atomic E-state index is -5.06. The first-order chi connectivity index (χ1) is 8.82. The average Bonchev–Trinajstić information content (AvgIpc) is 2.36. The topological polar surface area (TPSA) is 57.7 Å². The quantitative estimate of drug-likeness (QED) is 0.626. The molecule has 19 heavy (non-hydrogen) atoms. The molecule has 0 spiro atoms.